The third-order valence-electron chi connectivity index (χ3n) is 3.59. The molecule has 2 rings (SSSR count). The van der Waals surface area contributed by atoms with Crippen molar-refractivity contribution >= 4 is 17.1 Å². The molecule has 1 saturated heterocycles. The SMILES string of the molecule is Cc1nc(CC(=O)C2CN(C(C)C)CCO2)sc1C. The topological polar surface area (TPSA) is 42.4 Å². The number of Topliss-reactive ketones (excluding diaryl/α,β-unsaturated/α-hetero) is 1. The third-order valence-corrected chi connectivity index (χ3v) is 4.66. The van der Waals surface area contributed by atoms with Crippen LogP contribution in [0.15, 0.2) is 0 Å². The van der Waals surface area contributed by atoms with Crippen LogP contribution in [0.4, 0.5) is 0 Å². The van der Waals surface area contributed by atoms with Crippen LogP contribution >= 0.6 is 11.3 Å². The molecule has 2 heterocycles. The maximum absolute atomic E-state index is 12.3. The number of aromatic nitrogens is 1. The standard InChI is InChI=1S/C14H22N2O2S/c1-9(2)16-5-6-18-13(8-16)12(17)7-14-15-10(3)11(4)19-14/h9,13H,5-8H2,1-4H3. The lowest BCUT2D eigenvalue weighted by Crippen LogP contribution is -2.49. The number of hydrogen-bond acceptors (Lipinski definition) is 5. The first-order valence-corrected chi connectivity index (χ1v) is 7.60. The van der Waals surface area contributed by atoms with Crippen molar-refractivity contribution in [3.63, 3.8) is 0 Å². The van der Waals surface area contributed by atoms with Crippen LogP contribution < -0.4 is 0 Å². The molecule has 0 aliphatic carbocycles. The number of morpholine rings is 1. The molecule has 1 aromatic rings. The van der Waals surface area contributed by atoms with E-state index in [2.05, 4.69) is 23.7 Å². The third kappa shape index (κ3) is 3.61. The average molecular weight is 282 g/mol. The van der Waals surface area contributed by atoms with Gasteiger partial charge in [0.15, 0.2) is 5.78 Å². The minimum Gasteiger partial charge on any atom is -0.368 e. The molecule has 1 fully saturated rings. The Morgan fingerprint density at radius 3 is 2.84 bits per heavy atom. The summed E-state index contributed by atoms with van der Waals surface area (Å²) in [6.07, 6.45) is 0.108. The zero-order valence-corrected chi connectivity index (χ0v) is 12.9. The van der Waals surface area contributed by atoms with Crippen molar-refractivity contribution in [3.8, 4) is 0 Å². The Balaban J connectivity index is 1.96. The second-order valence-corrected chi connectivity index (χ2v) is 6.63. The molecule has 1 unspecified atom stereocenters. The Hall–Kier alpha value is -0.780. The lowest BCUT2D eigenvalue weighted by molar-refractivity contribution is -0.136. The second kappa shape index (κ2) is 6.11. The summed E-state index contributed by atoms with van der Waals surface area (Å²) in [4.78, 5) is 20.2. The van der Waals surface area contributed by atoms with Gasteiger partial charge >= 0.3 is 0 Å². The molecule has 0 bridgehead atoms. The zero-order chi connectivity index (χ0) is 14.0. The largest absolute Gasteiger partial charge is 0.368 e. The number of nitrogens with zero attached hydrogens (tertiary/aromatic N) is 2. The van der Waals surface area contributed by atoms with Gasteiger partial charge in [0.2, 0.25) is 0 Å². The monoisotopic (exact) mass is 282 g/mol. The van der Waals surface area contributed by atoms with Gasteiger partial charge in [-0.2, -0.15) is 0 Å². The lowest BCUT2D eigenvalue weighted by Gasteiger charge is -2.34. The molecule has 106 valence electrons. The van der Waals surface area contributed by atoms with Crippen LogP contribution in [-0.2, 0) is 16.0 Å². The summed E-state index contributed by atoms with van der Waals surface area (Å²) in [5.41, 5.74) is 1.03. The fraction of sp³-hybridized carbons (Fsp3) is 0.714. The van der Waals surface area contributed by atoms with E-state index in [1.807, 2.05) is 13.8 Å². The molecule has 4 nitrogen and oxygen atoms in total. The fourth-order valence-electron chi connectivity index (χ4n) is 2.21. The normalized spacial score (nSPS) is 21.0. The van der Waals surface area contributed by atoms with Crippen molar-refractivity contribution in [1.82, 2.24) is 9.88 Å². The van der Waals surface area contributed by atoms with Gasteiger partial charge in [-0.15, -0.1) is 11.3 Å². The highest BCUT2D eigenvalue weighted by molar-refractivity contribution is 7.11. The molecule has 1 aliphatic heterocycles. The van der Waals surface area contributed by atoms with Crippen LogP contribution in [0.2, 0.25) is 0 Å². The van der Waals surface area contributed by atoms with Crippen molar-refractivity contribution < 1.29 is 9.53 Å². The minimum atomic E-state index is -0.291. The lowest BCUT2D eigenvalue weighted by atomic mass is 10.1. The van der Waals surface area contributed by atoms with Crippen LogP contribution in [0.1, 0.15) is 29.4 Å². The quantitative estimate of drug-likeness (QED) is 0.847. The number of ether oxygens (including phenoxy) is 1. The van der Waals surface area contributed by atoms with E-state index in [9.17, 15) is 4.79 Å². The van der Waals surface area contributed by atoms with Crippen LogP contribution in [0.5, 0.6) is 0 Å². The molecule has 0 aromatic carbocycles. The number of rotatable bonds is 4. The maximum Gasteiger partial charge on any atom is 0.169 e. The molecular formula is C14H22N2O2S. The van der Waals surface area contributed by atoms with Crippen molar-refractivity contribution in [2.24, 2.45) is 0 Å². The summed E-state index contributed by atoms with van der Waals surface area (Å²) >= 11 is 1.61. The predicted molar refractivity (Wildman–Crippen MR) is 76.7 cm³/mol. The summed E-state index contributed by atoms with van der Waals surface area (Å²) in [7, 11) is 0. The van der Waals surface area contributed by atoms with E-state index in [1.165, 1.54) is 4.88 Å². The van der Waals surface area contributed by atoms with Crippen molar-refractivity contribution in [2.45, 2.75) is 46.3 Å². The molecule has 5 heteroatoms. The molecule has 0 spiro atoms. The van der Waals surface area contributed by atoms with Crippen LogP contribution in [0.25, 0.3) is 0 Å². The molecule has 1 aliphatic rings. The summed E-state index contributed by atoms with van der Waals surface area (Å²) in [5.74, 6) is 0.152. The van der Waals surface area contributed by atoms with Crippen LogP contribution in [0, 0.1) is 13.8 Å². The first-order valence-electron chi connectivity index (χ1n) is 6.78. The Labute approximate surface area is 118 Å². The Morgan fingerprint density at radius 2 is 2.26 bits per heavy atom. The summed E-state index contributed by atoms with van der Waals surface area (Å²) in [6, 6.07) is 0.462. The number of carbonyl (C=O) groups excluding carboxylic acids is 1. The number of thiazole rings is 1. The van der Waals surface area contributed by atoms with E-state index >= 15 is 0 Å². The predicted octanol–water partition coefficient (Wildman–Crippen LogP) is 1.98. The molecule has 19 heavy (non-hydrogen) atoms. The van der Waals surface area contributed by atoms with Gasteiger partial charge in [-0.3, -0.25) is 9.69 Å². The minimum absolute atomic E-state index is 0.152. The van der Waals surface area contributed by atoms with E-state index in [4.69, 9.17) is 4.74 Å². The molecular weight excluding hydrogens is 260 g/mol. The van der Waals surface area contributed by atoms with Gasteiger partial charge in [-0.05, 0) is 27.7 Å². The Morgan fingerprint density at radius 1 is 1.53 bits per heavy atom. The zero-order valence-electron chi connectivity index (χ0n) is 12.1. The fourth-order valence-corrected chi connectivity index (χ4v) is 3.15. The van der Waals surface area contributed by atoms with Crippen LogP contribution in [-0.4, -0.2) is 47.5 Å². The number of hydrogen-bond donors (Lipinski definition) is 0. The number of aryl methyl sites for hydroxylation is 2. The van der Waals surface area contributed by atoms with Crippen molar-refractivity contribution in [1.29, 1.82) is 0 Å². The van der Waals surface area contributed by atoms with Gasteiger partial charge < -0.3 is 4.74 Å². The van der Waals surface area contributed by atoms with E-state index in [1.54, 1.807) is 11.3 Å². The number of ketones is 1. The molecule has 0 N–H and O–H groups in total. The first kappa shape index (κ1) is 14.6. The van der Waals surface area contributed by atoms with Gasteiger partial charge in [-0.1, -0.05) is 0 Å². The average Bonchev–Trinajstić information content (AvgIpc) is 2.68. The van der Waals surface area contributed by atoms with Gasteiger partial charge in [0, 0.05) is 24.0 Å². The van der Waals surface area contributed by atoms with E-state index < -0.39 is 0 Å². The highest BCUT2D eigenvalue weighted by Crippen LogP contribution is 2.18. The molecule has 0 radical (unpaired) electrons. The van der Waals surface area contributed by atoms with E-state index in [-0.39, 0.29) is 11.9 Å². The molecule has 1 atom stereocenters. The van der Waals surface area contributed by atoms with Crippen molar-refractivity contribution in [3.05, 3.63) is 15.6 Å². The van der Waals surface area contributed by atoms with Gasteiger partial charge in [0.1, 0.15) is 11.1 Å². The maximum atomic E-state index is 12.3. The van der Waals surface area contributed by atoms with E-state index in [0.29, 0.717) is 25.6 Å². The van der Waals surface area contributed by atoms with Gasteiger partial charge in [0.05, 0.1) is 18.7 Å². The number of carbonyl (C=O) groups is 1. The summed E-state index contributed by atoms with van der Waals surface area (Å²) < 4.78 is 5.62. The van der Waals surface area contributed by atoms with Crippen LogP contribution in [0.3, 0.4) is 0 Å². The van der Waals surface area contributed by atoms with Crippen molar-refractivity contribution in [2.75, 3.05) is 19.7 Å². The van der Waals surface area contributed by atoms with Gasteiger partial charge in [-0.25, -0.2) is 4.98 Å². The smallest absolute Gasteiger partial charge is 0.169 e. The van der Waals surface area contributed by atoms with E-state index in [0.717, 1.165) is 17.2 Å². The Bertz CT molecular complexity index is 437. The molecule has 0 saturated carbocycles. The molecule has 1 aromatic heterocycles. The highest BCUT2D eigenvalue weighted by Gasteiger charge is 2.28. The second-order valence-electron chi connectivity index (χ2n) is 5.34. The Kier molecular flexibility index (Phi) is 4.71. The van der Waals surface area contributed by atoms with Gasteiger partial charge in [0.25, 0.3) is 0 Å². The summed E-state index contributed by atoms with van der Waals surface area (Å²) in [5, 5.41) is 0.908. The first-order chi connectivity index (χ1) is 8.97. The highest BCUT2D eigenvalue weighted by atomic mass is 32.1. The summed E-state index contributed by atoms with van der Waals surface area (Å²) in [6.45, 7) is 10.6. The molecule has 0 amide bonds.